The number of rotatable bonds is 3. The number of carbonyl (C=O) groups excluding carboxylic acids is 1. The van der Waals surface area contributed by atoms with Crippen molar-refractivity contribution in [1.29, 1.82) is 0 Å². The van der Waals surface area contributed by atoms with E-state index >= 15 is 0 Å². The summed E-state index contributed by atoms with van der Waals surface area (Å²) in [6, 6.07) is 9.81. The van der Waals surface area contributed by atoms with Gasteiger partial charge in [0.2, 0.25) is 5.88 Å². The van der Waals surface area contributed by atoms with Crippen molar-refractivity contribution in [1.82, 2.24) is 4.98 Å². The third-order valence-corrected chi connectivity index (χ3v) is 2.32. The molecule has 0 atom stereocenters. The van der Waals surface area contributed by atoms with Crippen LogP contribution >= 0.6 is 0 Å². The highest BCUT2D eigenvalue weighted by atomic mass is 19.1. The molecule has 0 saturated carbocycles. The quantitative estimate of drug-likeness (QED) is 0.762. The number of methoxy groups -OCH3 is 1. The Kier molecular flexibility index (Phi) is 3.14. The molecule has 0 aliphatic heterocycles. The van der Waals surface area contributed by atoms with Crippen molar-refractivity contribution in [2.75, 3.05) is 7.11 Å². The van der Waals surface area contributed by atoms with Crippen LogP contribution in [-0.2, 0) is 0 Å². The van der Waals surface area contributed by atoms with Crippen LogP contribution in [0.5, 0.6) is 5.88 Å². The SMILES string of the molecule is COc1cc(C(=O)c2ccccc2)c(F)cn1. The van der Waals surface area contributed by atoms with E-state index in [1.165, 1.54) is 13.2 Å². The fraction of sp³-hybridized carbons (Fsp3) is 0.0769. The van der Waals surface area contributed by atoms with Crippen LogP contribution in [0.1, 0.15) is 15.9 Å². The van der Waals surface area contributed by atoms with E-state index in [2.05, 4.69) is 4.98 Å². The van der Waals surface area contributed by atoms with E-state index in [1.807, 2.05) is 0 Å². The fourth-order valence-corrected chi connectivity index (χ4v) is 1.45. The van der Waals surface area contributed by atoms with Gasteiger partial charge in [0.1, 0.15) is 0 Å². The second kappa shape index (κ2) is 4.74. The molecule has 86 valence electrons. The third kappa shape index (κ3) is 2.30. The number of nitrogens with zero attached hydrogens (tertiary/aromatic N) is 1. The smallest absolute Gasteiger partial charge is 0.213 e. The van der Waals surface area contributed by atoms with E-state index in [4.69, 9.17) is 4.74 Å². The fourth-order valence-electron chi connectivity index (χ4n) is 1.45. The van der Waals surface area contributed by atoms with Crippen LogP contribution in [-0.4, -0.2) is 17.9 Å². The minimum Gasteiger partial charge on any atom is -0.481 e. The Labute approximate surface area is 97.9 Å². The second-order valence-corrected chi connectivity index (χ2v) is 3.40. The van der Waals surface area contributed by atoms with E-state index in [0.29, 0.717) is 5.56 Å². The van der Waals surface area contributed by atoms with E-state index in [-0.39, 0.29) is 17.2 Å². The number of pyridine rings is 1. The maximum absolute atomic E-state index is 13.5. The van der Waals surface area contributed by atoms with Crippen molar-refractivity contribution in [3.8, 4) is 5.88 Å². The van der Waals surface area contributed by atoms with Gasteiger partial charge in [0.15, 0.2) is 11.6 Å². The zero-order chi connectivity index (χ0) is 12.3. The minimum atomic E-state index is -0.653. The van der Waals surface area contributed by atoms with E-state index in [9.17, 15) is 9.18 Å². The first-order chi connectivity index (χ1) is 8.22. The molecule has 0 amide bonds. The summed E-state index contributed by atoms with van der Waals surface area (Å²) in [6.07, 6.45) is 0.981. The molecule has 1 heterocycles. The number of benzene rings is 1. The van der Waals surface area contributed by atoms with Gasteiger partial charge in [-0.1, -0.05) is 30.3 Å². The van der Waals surface area contributed by atoms with Gasteiger partial charge in [0.05, 0.1) is 18.9 Å². The maximum Gasteiger partial charge on any atom is 0.213 e. The molecule has 3 nitrogen and oxygen atoms in total. The molecular weight excluding hydrogens is 221 g/mol. The number of hydrogen-bond acceptors (Lipinski definition) is 3. The molecule has 0 aliphatic carbocycles. The standard InChI is InChI=1S/C13H10FNO2/c1-17-12-7-10(11(14)8-15-12)13(16)9-5-3-2-4-6-9/h2-8H,1H3. The van der Waals surface area contributed by atoms with Crippen molar-refractivity contribution in [3.05, 3.63) is 59.5 Å². The molecule has 4 heteroatoms. The van der Waals surface area contributed by atoms with Gasteiger partial charge in [-0.15, -0.1) is 0 Å². The van der Waals surface area contributed by atoms with Crippen LogP contribution in [0.3, 0.4) is 0 Å². The zero-order valence-electron chi connectivity index (χ0n) is 9.18. The van der Waals surface area contributed by atoms with Crippen molar-refractivity contribution in [3.63, 3.8) is 0 Å². The van der Waals surface area contributed by atoms with Crippen molar-refractivity contribution in [2.24, 2.45) is 0 Å². The second-order valence-electron chi connectivity index (χ2n) is 3.40. The Bertz CT molecular complexity index is 540. The molecule has 0 saturated heterocycles. The summed E-state index contributed by atoms with van der Waals surface area (Å²) in [5.74, 6) is -0.825. The third-order valence-electron chi connectivity index (χ3n) is 2.32. The molecule has 2 rings (SSSR count). The van der Waals surface area contributed by atoms with Crippen LogP contribution < -0.4 is 4.74 Å². The van der Waals surface area contributed by atoms with Crippen LogP contribution in [0.15, 0.2) is 42.6 Å². The number of ketones is 1. The Hall–Kier alpha value is -2.23. The Balaban J connectivity index is 2.44. The summed E-state index contributed by atoms with van der Waals surface area (Å²) in [7, 11) is 1.41. The lowest BCUT2D eigenvalue weighted by Crippen LogP contribution is -2.05. The van der Waals surface area contributed by atoms with Crippen LogP contribution in [0.4, 0.5) is 4.39 Å². The minimum absolute atomic E-state index is 0.0388. The van der Waals surface area contributed by atoms with Gasteiger partial charge in [0.25, 0.3) is 0 Å². The number of ether oxygens (including phenoxy) is 1. The van der Waals surface area contributed by atoms with E-state index in [1.54, 1.807) is 30.3 Å². The normalized spacial score (nSPS) is 10.0. The predicted octanol–water partition coefficient (Wildman–Crippen LogP) is 2.46. The van der Waals surface area contributed by atoms with Crippen LogP contribution in [0.25, 0.3) is 0 Å². The summed E-state index contributed by atoms with van der Waals surface area (Å²) in [4.78, 5) is 15.7. The molecule has 0 fully saturated rings. The van der Waals surface area contributed by atoms with Crippen molar-refractivity contribution in [2.45, 2.75) is 0 Å². The maximum atomic E-state index is 13.5. The summed E-state index contributed by atoms with van der Waals surface area (Å²) in [5, 5.41) is 0. The molecular formula is C13H10FNO2. The molecule has 0 aliphatic rings. The Morgan fingerprint density at radius 2 is 2.00 bits per heavy atom. The topological polar surface area (TPSA) is 39.2 Å². The Morgan fingerprint density at radius 1 is 1.29 bits per heavy atom. The van der Waals surface area contributed by atoms with Gasteiger partial charge >= 0.3 is 0 Å². The summed E-state index contributed by atoms with van der Waals surface area (Å²) in [6.45, 7) is 0. The van der Waals surface area contributed by atoms with Crippen LogP contribution in [0, 0.1) is 5.82 Å². The van der Waals surface area contributed by atoms with Crippen molar-refractivity contribution >= 4 is 5.78 Å². The number of aromatic nitrogens is 1. The Morgan fingerprint density at radius 3 is 2.65 bits per heavy atom. The average molecular weight is 231 g/mol. The predicted molar refractivity (Wildman–Crippen MR) is 60.6 cm³/mol. The van der Waals surface area contributed by atoms with Gasteiger partial charge in [-0.05, 0) is 0 Å². The van der Waals surface area contributed by atoms with Gasteiger partial charge in [0, 0.05) is 11.6 Å². The molecule has 17 heavy (non-hydrogen) atoms. The largest absolute Gasteiger partial charge is 0.481 e. The van der Waals surface area contributed by atoms with Crippen molar-refractivity contribution < 1.29 is 13.9 Å². The van der Waals surface area contributed by atoms with Gasteiger partial charge < -0.3 is 4.74 Å². The lowest BCUT2D eigenvalue weighted by Gasteiger charge is -2.04. The molecule has 0 spiro atoms. The van der Waals surface area contributed by atoms with Gasteiger partial charge in [-0.25, -0.2) is 9.37 Å². The lowest BCUT2D eigenvalue weighted by molar-refractivity contribution is 0.103. The molecule has 1 aromatic carbocycles. The summed E-state index contributed by atoms with van der Waals surface area (Å²) < 4.78 is 18.4. The van der Waals surface area contributed by atoms with Gasteiger partial charge in [-0.2, -0.15) is 0 Å². The van der Waals surface area contributed by atoms with Gasteiger partial charge in [-0.3, -0.25) is 4.79 Å². The highest BCUT2D eigenvalue weighted by Crippen LogP contribution is 2.17. The molecule has 0 unspecified atom stereocenters. The lowest BCUT2D eigenvalue weighted by atomic mass is 10.0. The number of carbonyl (C=O) groups is 1. The summed E-state index contributed by atoms with van der Waals surface area (Å²) >= 11 is 0. The molecule has 2 aromatic rings. The molecule has 0 bridgehead atoms. The highest BCUT2D eigenvalue weighted by molar-refractivity contribution is 6.09. The van der Waals surface area contributed by atoms with E-state index in [0.717, 1.165) is 6.20 Å². The zero-order valence-corrected chi connectivity index (χ0v) is 9.18. The highest BCUT2D eigenvalue weighted by Gasteiger charge is 2.15. The summed E-state index contributed by atoms with van der Waals surface area (Å²) in [5.41, 5.74) is 0.391. The number of halogens is 1. The number of hydrogen-bond donors (Lipinski definition) is 0. The molecule has 1 aromatic heterocycles. The first kappa shape index (κ1) is 11.3. The molecule has 0 radical (unpaired) electrons. The van der Waals surface area contributed by atoms with Crippen LogP contribution in [0.2, 0.25) is 0 Å². The first-order valence-electron chi connectivity index (χ1n) is 5.01. The average Bonchev–Trinajstić information content (AvgIpc) is 2.39. The first-order valence-corrected chi connectivity index (χ1v) is 5.01. The van der Waals surface area contributed by atoms with E-state index < -0.39 is 5.82 Å². The monoisotopic (exact) mass is 231 g/mol. The molecule has 0 N–H and O–H groups in total.